The zero-order chi connectivity index (χ0) is 16.7. The lowest BCUT2D eigenvalue weighted by Gasteiger charge is -2.14. The zero-order valence-corrected chi connectivity index (χ0v) is 13.4. The van der Waals surface area contributed by atoms with Gasteiger partial charge in [-0.1, -0.05) is 19.1 Å². The molecule has 0 saturated heterocycles. The van der Waals surface area contributed by atoms with Crippen molar-refractivity contribution < 1.29 is 14.4 Å². The van der Waals surface area contributed by atoms with E-state index >= 15 is 0 Å². The van der Waals surface area contributed by atoms with Crippen LogP contribution in [0.4, 0.5) is 5.69 Å². The summed E-state index contributed by atoms with van der Waals surface area (Å²) in [6.45, 7) is 7.42. The molecule has 0 aromatic heterocycles. The molecular formula is C16H23N3O3. The molecule has 0 radical (unpaired) electrons. The highest BCUT2D eigenvalue weighted by molar-refractivity contribution is 6.40. The highest BCUT2D eigenvalue weighted by Crippen LogP contribution is 2.15. The standard InChI is InChI=1S/C16H23N3O3/c1-5-11(4)18-15(21)16(22)19-13-9-7-6-8-12(13)14(20)17-10(2)3/h6-11H,5H2,1-4H3,(H,17,20)(H,18,21)(H,19,22)/t11-/m1/s1. The van der Waals surface area contributed by atoms with Gasteiger partial charge in [0.05, 0.1) is 11.3 Å². The first-order chi connectivity index (χ1) is 10.3. The van der Waals surface area contributed by atoms with E-state index in [2.05, 4.69) is 16.0 Å². The maximum atomic E-state index is 12.1. The SMILES string of the molecule is CC[C@@H](C)NC(=O)C(=O)Nc1ccccc1C(=O)NC(C)C. The van der Waals surface area contributed by atoms with Crippen LogP contribution < -0.4 is 16.0 Å². The number of anilines is 1. The van der Waals surface area contributed by atoms with Crippen molar-refractivity contribution in [2.75, 3.05) is 5.32 Å². The molecule has 0 aliphatic carbocycles. The quantitative estimate of drug-likeness (QED) is 0.723. The van der Waals surface area contributed by atoms with Gasteiger partial charge >= 0.3 is 11.8 Å². The van der Waals surface area contributed by atoms with Crippen LogP contribution in [0.3, 0.4) is 0 Å². The molecule has 0 unspecified atom stereocenters. The maximum absolute atomic E-state index is 12.1. The van der Waals surface area contributed by atoms with E-state index in [4.69, 9.17) is 0 Å². The van der Waals surface area contributed by atoms with Crippen LogP contribution in [-0.4, -0.2) is 29.8 Å². The summed E-state index contributed by atoms with van der Waals surface area (Å²) in [6.07, 6.45) is 0.729. The summed E-state index contributed by atoms with van der Waals surface area (Å²) in [5.74, 6) is -1.80. The molecule has 0 heterocycles. The van der Waals surface area contributed by atoms with E-state index in [1.807, 2.05) is 27.7 Å². The third-order valence-corrected chi connectivity index (χ3v) is 3.04. The predicted molar refractivity (Wildman–Crippen MR) is 85.6 cm³/mol. The predicted octanol–water partition coefficient (Wildman–Crippen LogP) is 1.68. The molecule has 1 rings (SSSR count). The second-order valence-corrected chi connectivity index (χ2v) is 5.41. The van der Waals surface area contributed by atoms with Crippen molar-refractivity contribution in [3.63, 3.8) is 0 Å². The van der Waals surface area contributed by atoms with Crippen LogP contribution in [0.1, 0.15) is 44.5 Å². The van der Waals surface area contributed by atoms with Gasteiger partial charge in [-0.25, -0.2) is 0 Å². The number of hydrogen-bond donors (Lipinski definition) is 3. The third kappa shape index (κ3) is 5.20. The second kappa shape index (κ2) is 8.17. The molecule has 6 nitrogen and oxygen atoms in total. The average Bonchev–Trinajstić information content (AvgIpc) is 2.46. The van der Waals surface area contributed by atoms with Crippen molar-refractivity contribution in [1.82, 2.24) is 10.6 Å². The summed E-state index contributed by atoms with van der Waals surface area (Å²) in [5.41, 5.74) is 0.630. The lowest BCUT2D eigenvalue weighted by atomic mass is 10.1. The third-order valence-electron chi connectivity index (χ3n) is 3.04. The van der Waals surface area contributed by atoms with E-state index in [0.717, 1.165) is 6.42 Å². The van der Waals surface area contributed by atoms with Crippen LogP contribution in [0, 0.1) is 0 Å². The molecule has 1 atom stereocenters. The normalized spacial score (nSPS) is 11.7. The summed E-state index contributed by atoms with van der Waals surface area (Å²) >= 11 is 0. The highest BCUT2D eigenvalue weighted by Gasteiger charge is 2.19. The minimum absolute atomic E-state index is 0.0232. The molecule has 120 valence electrons. The lowest BCUT2D eigenvalue weighted by molar-refractivity contribution is -0.136. The molecule has 0 aliphatic rings. The highest BCUT2D eigenvalue weighted by atomic mass is 16.2. The van der Waals surface area contributed by atoms with E-state index in [1.54, 1.807) is 24.3 Å². The second-order valence-electron chi connectivity index (χ2n) is 5.41. The number of benzene rings is 1. The van der Waals surface area contributed by atoms with E-state index in [-0.39, 0.29) is 18.0 Å². The monoisotopic (exact) mass is 305 g/mol. The molecular weight excluding hydrogens is 282 g/mol. The Morgan fingerprint density at radius 1 is 1.00 bits per heavy atom. The van der Waals surface area contributed by atoms with Crippen molar-refractivity contribution in [2.45, 2.75) is 46.2 Å². The largest absolute Gasteiger partial charge is 0.350 e. The average molecular weight is 305 g/mol. The van der Waals surface area contributed by atoms with Crippen LogP contribution in [0.25, 0.3) is 0 Å². The molecule has 3 amide bonds. The number of rotatable bonds is 5. The van der Waals surface area contributed by atoms with Crippen LogP contribution in [-0.2, 0) is 9.59 Å². The van der Waals surface area contributed by atoms with Gasteiger partial charge in [-0.3, -0.25) is 14.4 Å². The fourth-order valence-electron chi connectivity index (χ4n) is 1.70. The molecule has 22 heavy (non-hydrogen) atoms. The van der Waals surface area contributed by atoms with Crippen LogP contribution >= 0.6 is 0 Å². The van der Waals surface area contributed by atoms with Crippen molar-refractivity contribution in [2.24, 2.45) is 0 Å². The van der Waals surface area contributed by atoms with E-state index in [1.165, 1.54) is 0 Å². The molecule has 1 aromatic rings. The van der Waals surface area contributed by atoms with Gasteiger partial charge in [-0.2, -0.15) is 0 Å². The van der Waals surface area contributed by atoms with E-state index < -0.39 is 11.8 Å². The Hall–Kier alpha value is -2.37. The lowest BCUT2D eigenvalue weighted by Crippen LogP contribution is -2.40. The van der Waals surface area contributed by atoms with E-state index in [0.29, 0.717) is 11.3 Å². The van der Waals surface area contributed by atoms with Crippen LogP contribution in [0.15, 0.2) is 24.3 Å². The van der Waals surface area contributed by atoms with Gasteiger partial charge in [0.2, 0.25) is 0 Å². The first-order valence-corrected chi connectivity index (χ1v) is 7.36. The Bertz CT molecular complexity index is 555. The van der Waals surface area contributed by atoms with Crippen molar-refractivity contribution in [3.05, 3.63) is 29.8 Å². The van der Waals surface area contributed by atoms with E-state index in [9.17, 15) is 14.4 Å². The Morgan fingerprint density at radius 3 is 2.23 bits per heavy atom. The Morgan fingerprint density at radius 2 is 1.64 bits per heavy atom. The number of carbonyl (C=O) groups excluding carboxylic acids is 3. The van der Waals surface area contributed by atoms with Gasteiger partial charge in [-0.05, 0) is 39.3 Å². The summed E-state index contributed by atoms with van der Waals surface area (Å²) in [7, 11) is 0. The Balaban J connectivity index is 2.83. The first-order valence-electron chi connectivity index (χ1n) is 7.36. The number of para-hydroxylation sites is 1. The number of carbonyl (C=O) groups is 3. The smallest absolute Gasteiger partial charge is 0.313 e. The molecule has 3 N–H and O–H groups in total. The molecule has 0 aliphatic heterocycles. The topological polar surface area (TPSA) is 87.3 Å². The van der Waals surface area contributed by atoms with Gasteiger partial charge in [0.1, 0.15) is 0 Å². The van der Waals surface area contributed by atoms with Gasteiger partial charge in [0.25, 0.3) is 5.91 Å². The Labute approximate surface area is 130 Å². The molecule has 6 heteroatoms. The number of amides is 3. The fraction of sp³-hybridized carbons (Fsp3) is 0.438. The molecule has 0 fully saturated rings. The molecule has 1 aromatic carbocycles. The molecule has 0 spiro atoms. The minimum Gasteiger partial charge on any atom is -0.350 e. The van der Waals surface area contributed by atoms with Gasteiger partial charge in [-0.15, -0.1) is 0 Å². The van der Waals surface area contributed by atoms with Crippen LogP contribution in [0.5, 0.6) is 0 Å². The number of nitrogens with one attached hydrogen (secondary N) is 3. The maximum Gasteiger partial charge on any atom is 0.313 e. The summed E-state index contributed by atoms with van der Waals surface area (Å²) in [6, 6.07) is 6.46. The summed E-state index contributed by atoms with van der Waals surface area (Å²) in [4.78, 5) is 35.7. The van der Waals surface area contributed by atoms with Crippen molar-refractivity contribution in [3.8, 4) is 0 Å². The number of hydrogen-bond acceptors (Lipinski definition) is 3. The first kappa shape index (κ1) is 17.7. The van der Waals surface area contributed by atoms with Gasteiger partial charge in [0.15, 0.2) is 0 Å². The fourth-order valence-corrected chi connectivity index (χ4v) is 1.70. The van der Waals surface area contributed by atoms with Crippen molar-refractivity contribution >= 4 is 23.4 Å². The molecule has 0 bridgehead atoms. The zero-order valence-electron chi connectivity index (χ0n) is 13.4. The minimum atomic E-state index is -0.787. The summed E-state index contributed by atoms with van der Waals surface area (Å²) in [5, 5.41) is 7.81. The summed E-state index contributed by atoms with van der Waals surface area (Å²) < 4.78 is 0. The van der Waals surface area contributed by atoms with Gasteiger partial charge < -0.3 is 16.0 Å². The molecule has 0 saturated carbocycles. The van der Waals surface area contributed by atoms with Gasteiger partial charge in [0, 0.05) is 12.1 Å². The Kier molecular flexibility index (Phi) is 6.56. The van der Waals surface area contributed by atoms with Crippen molar-refractivity contribution in [1.29, 1.82) is 0 Å². The van der Waals surface area contributed by atoms with Crippen LogP contribution in [0.2, 0.25) is 0 Å².